The number of aryl methyl sites for hydroxylation is 2. The Morgan fingerprint density at radius 3 is 2.77 bits per heavy atom. The molecule has 0 aliphatic carbocycles. The van der Waals surface area contributed by atoms with Gasteiger partial charge in [-0.05, 0) is 44.5 Å². The number of rotatable bonds is 6. The second-order valence-electron chi connectivity index (χ2n) is 7.01. The summed E-state index contributed by atoms with van der Waals surface area (Å²) in [5, 5.41) is 4.08. The van der Waals surface area contributed by atoms with E-state index in [2.05, 4.69) is 46.2 Å². The molecule has 0 radical (unpaired) electrons. The van der Waals surface area contributed by atoms with Gasteiger partial charge in [0.15, 0.2) is 0 Å². The number of likely N-dealkylation sites (N-methyl/N-ethyl adjacent to an activating group) is 1. The van der Waals surface area contributed by atoms with Gasteiger partial charge in [-0.1, -0.05) is 19.1 Å². The quantitative estimate of drug-likeness (QED) is 0.844. The lowest BCUT2D eigenvalue weighted by molar-refractivity contribution is 0.103. The van der Waals surface area contributed by atoms with Crippen LogP contribution in [0, 0.1) is 6.92 Å². The molecule has 0 unspecified atom stereocenters. The third kappa shape index (κ3) is 4.90. The van der Waals surface area contributed by atoms with Gasteiger partial charge in [-0.25, -0.2) is 4.98 Å². The molecule has 0 atom stereocenters. The molecule has 1 amide bonds. The van der Waals surface area contributed by atoms with Gasteiger partial charge < -0.3 is 10.2 Å². The van der Waals surface area contributed by atoms with Gasteiger partial charge in [-0.2, -0.15) is 0 Å². The standard InChI is InChI=1S/C20H28N4OS/c1-4-6-18-21-15(2)19(26-18)20(25)22-17-8-5-7-16(13-17)14-24-11-9-23(3)10-12-24/h5,7-8,13H,4,6,9-12,14H2,1-3H3,(H,22,25). The summed E-state index contributed by atoms with van der Waals surface area (Å²) in [7, 11) is 2.17. The molecule has 1 fully saturated rings. The van der Waals surface area contributed by atoms with Crippen LogP contribution in [0.2, 0.25) is 0 Å². The Bertz CT molecular complexity index is 750. The van der Waals surface area contributed by atoms with Gasteiger partial charge in [0.05, 0.1) is 10.7 Å². The number of benzene rings is 1. The van der Waals surface area contributed by atoms with Crippen LogP contribution in [0.3, 0.4) is 0 Å². The van der Waals surface area contributed by atoms with Crippen LogP contribution in [0.25, 0.3) is 0 Å². The van der Waals surface area contributed by atoms with E-state index in [1.165, 1.54) is 16.9 Å². The number of anilines is 1. The highest BCUT2D eigenvalue weighted by atomic mass is 32.1. The van der Waals surface area contributed by atoms with Crippen LogP contribution < -0.4 is 5.32 Å². The fraction of sp³-hybridized carbons (Fsp3) is 0.500. The molecule has 2 aromatic rings. The minimum absolute atomic E-state index is 0.0564. The number of carbonyl (C=O) groups excluding carboxylic acids is 1. The first-order valence-electron chi connectivity index (χ1n) is 9.32. The Morgan fingerprint density at radius 2 is 2.04 bits per heavy atom. The number of nitrogens with zero attached hydrogens (tertiary/aromatic N) is 3. The molecule has 0 bridgehead atoms. The number of hydrogen-bond donors (Lipinski definition) is 1. The molecule has 1 aromatic carbocycles. The number of aromatic nitrogens is 1. The Labute approximate surface area is 160 Å². The van der Waals surface area contributed by atoms with Gasteiger partial charge in [0, 0.05) is 38.4 Å². The Kier molecular flexibility index (Phi) is 6.40. The summed E-state index contributed by atoms with van der Waals surface area (Å²) in [6.07, 6.45) is 1.97. The first kappa shape index (κ1) is 19.0. The molecule has 5 nitrogen and oxygen atoms in total. The average molecular weight is 373 g/mol. The number of nitrogens with one attached hydrogen (secondary N) is 1. The average Bonchev–Trinajstić information content (AvgIpc) is 2.98. The lowest BCUT2D eigenvalue weighted by atomic mass is 10.1. The highest BCUT2D eigenvalue weighted by molar-refractivity contribution is 7.13. The normalized spacial score (nSPS) is 16.0. The highest BCUT2D eigenvalue weighted by Gasteiger charge is 2.16. The highest BCUT2D eigenvalue weighted by Crippen LogP contribution is 2.21. The molecule has 26 heavy (non-hydrogen) atoms. The Morgan fingerprint density at radius 1 is 1.27 bits per heavy atom. The Hall–Kier alpha value is -1.76. The van der Waals surface area contributed by atoms with Gasteiger partial charge in [0.2, 0.25) is 0 Å². The van der Waals surface area contributed by atoms with Crippen molar-refractivity contribution in [3.63, 3.8) is 0 Å². The molecule has 3 rings (SSSR count). The predicted molar refractivity (Wildman–Crippen MR) is 108 cm³/mol. The molecule has 2 heterocycles. The largest absolute Gasteiger partial charge is 0.321 e. The van der Waals surface area contributed by atoms with Crippen molar-refractivity contribution in [3.8, 4) is 0 Å². The fourth-order valence-corrected chi connectivity index (χ4v) is 4.24. The zero-order valence-corrected chi connectivity index (χ0v) is 16.7. The maximum Gasteiger partial charge on any atom is 0.267 e. The summed E-state index contributed by atoms with van der Waals surface area (Å²) in [4.78, 5) is 22.7. The molecule has 1 aliphatic rings. The number of thiazole rings is 1. The van der Waals surface area contributed by atoms with E-state index in [0.717, 1.165) is 66.8 Å². The number of amides is 1. The smallest absolute Gasteiger partial charge is 0.267 e. The van der Waals surface area contributed by atoms with Gasteiger partial charge in [-0.15, -0.1) is 11.3 Å². The van der Waals surface area contributed by atoms with Crippen LogP contribution >= 0.6 is 11.3 Å². The maximum absolute atomic E-state index is 12.6. The minimum Gasteiger partial charge on any atom is -0.321 e. The lowest BCUT2D eigenvalue weighted by Gasteiger charge is -2.32. The van der Waals surface area contributed by atoms with Crippen LogP contribution in [0.4, 0.5) is 5.69 Å². The summed E-state index contributed by atoms with van der Waals surface area (Å²) in [6.45, 7) is 9.37. The van der Waals surface area contributed by atoms with E-state index in [4.69, 9.17) is 0 Å². The van der Waals surface area contributed by atoms with Crippen LogP contribution in [0.15, 0.2) is 24.3 Å². The van der Waals surface area contributed by atoms with Crippen LogP contribution in [0.1, 0.15) is 39.3 Å². The van der Waals surface area contributed by atoms with Crippen molar-refractivity contribution in [3.05, 3.63) is 45.4 Å². The molecular formula is C20H28N4OS. The molecule has 0 spiro atoms. The molecule has 0 saturated carbocycles. The van der Waals surface area contributed by atoms with E-state index in [1.54, 1.807) is 0 Å². The van der Waals surface area contributed by atoms with E-state index < -0.39 is 0 Å². The van der Waals surface area contributed by atoms with Crippen LogP contribution in [-0.4, -0.2) is 53.9 Å². The number of hydrogen-bond acceptors (Lipinski definition) is 5. The third-order valence-corrected chi connectivity index (χ3v) is 5.91. The predicted octanol–water partition coefficient (Wildman–Crippen LogP) is 3.40. The monoisotopic (exact) mass is 372 g/mol. The summed E-state index contributed by atoms with van der Waals surface area (Å²) < 4.78 is 0. The van der Waals surface area contributed by atoms with Crippen molar-refractivity contribution >= 4 is 22.9 Å². The van der Waals surface area contributed by atoms with Crippen molar-refractivity contribution in [2.75, 3.05) is 38.5 Å². The maximum atomic E-state index is 12.6. The third-order valence-electron chi connectivity index (χ3n) is 4.70. The molecule has 1 aliphatic heterocycles. The van der Waals surface area contributed by atoms with Gasteiger partial charge in [-0.3, -0.25) is 9.69 Å². The Balaban J connectivity index is 1.64. The topological polar surface area (TPSA) is 48.5 Å². The summed E-state index contributed by atoms with van der Waals surface area (Å²) >= 11 is 1.51. The fourth-order valence-electron chi connectivity index (χ4n) is 3.18. The minimum atomic E-state index is -0.0564. The van der Waals surface area contributed by atoms with Gasteiger partial charge in [0.25, 0.3) is 5.91 Å². The first-order chi connectivity index (χ1) is 12.5. The summed E-state index contributed by atoms with van der Waals surface area (Å²) in [6, 6.07) is 8.18. The van der Waals surface area contributed by atoms with Crippen molar-refractivity contribution in [2.45, 2.75) is 33.2 Å². The van der Waals surface area contributed by atoms with Crippen molar-refractivity contribution in [1.82, 2.24) is 14.8 Å². The zero-order chi connectivity index (χ0) is 18.5. The van der Waals surface area contributed by atoms with E-state index in [9.17, 15) is 4.79 Å². The van der Waals surface area contributed by atoms with E-state index in [-0.39, 0.29) is 5.91 Å². The van der Waals surface area contributed by atoms with Gasteiger partial charge >= 0.3 is 0 Å². The molecule has 1 N–H and O–H groups in total. The molecule has 140 valence electrons. The second-order valence-corrected chi connectivity index (χ2v) is 8.09. The van der Waals surface area contributed by atoms with Crippen LogP contribution in [-0.2, 0) is 13.0 Å². The van der Waals surface area contributed by atoms with E-state index >= 15 is 0 Å². The summed E-state index contributed by atoms with van der Waals surface area (Å²) in [5.74, 6) is -0.0564. The lowest BCUT2D eigenvalue weighted by Crippen LogP contribution is -2.43. The van der Waals surface area contributed by atoms with Crippen molar-refractivity contribution < 1.29 is 4.79 Å². The second kappa shape index (κ2) is 8.75. The number of piperazine rings is 1. The molecule has 1 aromatic heterocycles. The zero-order valence-electron chi connectivity index (χ0n) is 15.9. The first-order valence-corrected chi connectivity index (χ1v) is 10.1. The summed E-state index contributed by atoms with van der Waals surface area (Å²) in [5.41, 5.74) is 2.91. The van der Waals surface area contributed by atoms with Crippen molar-refractivity contribution in [1.29, 1.82) is 0 Å². The van der Waals surface area contributed by atoms with E-state index in [1.807, 2.05) is 19.1 Å². The molecular weight excluding hydrogens is 344 g/mol. The number of carbonyl (C=O) groups is 1. The molecule has 6 heteroatoms. The SMILES string of the molecule is CCCc1nc(C)c(C(=O)Nc2cccc(CN3CCN(C)CC3)c2)s1. The van der Waals surface area contributed by atoms with Gasteiger partial charge in [0.1, 0.15) is 4.88 Å². The molecule has 1 saturated heterocycles. The van der Waals surface area contributed by atoms with Crippen molar-refractivity contribution in [2.24, 2.45) is 0 Å². The van der Waals surface area contributed by atoms with E-state index in [0.29, 0.717) is 0 Å². The van der Waals surface area contributed by atoms with Crippen LogP contribution in [0.5, 0.6) is 0 Å².